The Balaban J connectivity index is 2.64. The van der Waals surface area contributed by atoms with Crippen LogP contribution >= 0.6 is 0 Å². The fourth-order valence-corrected chi connectivity index (χ4v) is 2.87. The quantitative estimate of drug-likeness (QED) is 0.368. The third-order valence-corrected chi connectivity index (χ3v) is 4.44. The highest BCUT2D eigenvalue weighted by molar-refractivity contribution is 5.38. The molecule has 0 radical (unpaired) electrons. The van der Waals surface area contributed by atoms with Gasteiger partial charge in [-0.15, -0.1) is 0 Å². The molecular formula is C21H36. The minimum atomic E-state index is 0.208. The fourth-order valence-electron chi connectivity index (χ4n) is 2.87. The van der Waals surface area contributed by atoms with Crippen molar-refractivity contribution in [2.24, 2.45) is 5.41 Å². The van der Waals surface area contributed by atoms with Crippen LogP contribution < -0.4 is 0 Å². The number of hydrogen-bond acceptors (Lipinski definition) is 0. The van der Waals surface area contributed by atoms with E-state index in [0.717, 1.165) is 0 Å². The smallest absolute Gasteiger partial charge is 0.00108 e. The van der Waals surface area contributed by atoms with Crippen LogP contribution in [0.3, 0.4) is 0 Å². The Morgan fingerprint density at radius 1 is 0.667 bits per heavy atom. The molecule has 0 fully saturated rings. The molecule has 0 saturated heterocycles. The van der Waals surface area contributed by atoms with Crippen molar-refractivity contribution >= 4 is 0 Å². The summed E-state index contributed by atoms with van der Waals surface area (Å²) in [5.74, 6) is 0. The number of allylic oxidation sites excluding steroid dienone is 6. The van der Waals surface area contributed by atoms with Crippen molar-refractivity contribution in [1.82, 2.24) is 0 Å². The SMILES string of the molecule is CCCCCCC1=C(CCCCCC)C=CC(C)(C)C=C1. The van der Waals surface area contributed by atoms with E-state index in [1.807, 2.05) is 0 Å². The third kappa shape index (κ3) is 7.69. The molecule has 0 aliphatic heterocycles. The highest BCUT2D eigenvalue weighted by atomic mass is 14.2. The Hall–Kier alpha value is -0.780. The van der Waals surface area contributed by atoms with Gasteiger partial charge in [0.25, 0.3) is 0 Å². The summed E-state index contributed by atoms with van der Waals surface area (Å²) in [5, 5.41) is 0. The van der Waals surface area contributed by atoms with E-state index in [-0.39, 0.29) is 5.41 Å². The molecule has 0 heteroatoms. The van der Waals surface area contributed by atoms with Crippen molar-refractivity contribution in [3.63, 3.8) is 0 Å². The Morgan fingerprint density at radius 2 is 1.10 bits per heavy atom. The second kappa shape index (κ2) is 10.0. The molecule has 0 bridgehead atoms. The van der Waals surface area contributed by atoms with Gasteiger partial charge in [0.15, 0.2) is 0 Å². The predicted octanol–water partition coefficient (Wildman–Crippen LogP) is 7.38. The minimum absolute atomic E-state index is 0.208. The van der Waals surface area contributed by atoms with Crippen LogP contribution in [0.2, 0.25) is 0 Å². The summed E-state index contributed by atoms with van der Waals surface area (Å²) in [6.07, 6.45) is 23.0. The Kier molecular flexibility index (Phi) is 8.73. The maximum absolute atomic E-state index is 2.42. The summed E-state index contributed by atoms with van der Waals surface area (Å²) in [6, 6.07) is 0. The van der Waals surface area contributed by atoms with Crippen LogP contribution in [0.5, 0.6) is 0 Å². The summed E-state index contributed by atoms with van der Waals surface area (Å²) in [4.78, 5) is 0. The van der Waals surface area contributed by atoms with Crippen LogP contribution in [0.25, 0.3) is 0 Å². The van der Waals surface area contributed by atoms with Gasteiger partial charge in [0.05, 0.1) is 0 Å². The summed E-state index contributed by atoms with van der Waals surface area (Å²) < 4.78 is 0. The lowest BCUT2D eigenvalue weighted by Crippen LogP contribution is -2.00. The number of rotatable bonds is 10. The van der Waals surface area contributed by atoms with Gasteiger partial charge in [-0.3, -0.25) is 0 Å². The molecule has 1 rings (SSSR count). The lowest BCUT2D eigenvalue weighted by atomic mass is 9.93. The molecule has 120 valence electrons. The molecule has 0 aromatic heterocycles. The molecule has 1 aliphatic rings. The molecule has 0 atom stereocenters. The van der Waals surface area contributed by atoms with Crippen molar-refractivity contribution in [2.75, 3.05) is 0 Å². The first-order chi connectivity index (χ1) is 10.1. The Morgan fingerprint density at radius 3 is 1.48 bits per heavy atom. The van der Waals surface area contributed by atoms with Gasteiger partial charge < -0.3 is 0 Å². The summed E-state index contributed by atoms with van der Waals surface area (Å²) in [7, 11) is 0. The molecule has 0 saturated carbocycles. The van der Waals surface area contributed by atoms with Crippen LogP contribution in [0.1, 0.15) is 91.9 Å². The lowest BCUT2D eigenvalue weighted by Gasteiger charge is -2.12. The molecule has 0 nitrogen and oxygen atoms in total. The zero-order valence-corrected chi connectivity index (χ0v) is 14.9. The molecule has 0 heterocycles. The van der Waals surface area contributed by atoms with Crippen LogP contribution in [0, 0.1) is 5.41 Å². The zero-order chi connectivity index (χ0) is 15.6. The minimum Gasteiger partial charge on any atom is -0.0748 e. The van der Waals surface area contributed by atoms with Gasteiger partial charge >= 0.3 is 0 Å². The van der Waals surface area contributed by atoms with E-state index in [1.165, 1.54) is 64.2 Å². The highest BCUT2D eigenvalue weighted by Crippen LogP contribution is 2.30. The molecule has 0 aromatic carbocycles. The van der Waals surface area contributed by atoms with Gasteiger partial charge in [0.2, 0.25) is 0 Å². The summed E-state index contributed by atoms with van der Waals surface area (Å²) >= 11 is 0. The molecule has 0 aromatic rings. The topological polar surface area (TPSA) is 0 Å². The molecule has 0 unspecified atom stereocenters. The first-order valence-electron chi connectivity index (χ1n) is 9.19. The fraction of sp³-hybridized carbons (Fsp3) is 0.714. The van der Waals surface area contributed by atoms with Crippen LogP contribution in [-0.2, 0) is 0 Å². The van der Waals surface area contributed by atoms with E-state index < -0.39 is 0 Å². The van der Waals surface area contributed by atoms with Crippen LogP contribution in [0.15, 0.2) is 35.5 Å². The average molecular weight is 289 g/mol. The normalized spacial score (nSPS) is 17.3. The first kappa shape index (κ1) is 18.3. The summed E-state index contributed by atoms with van der Waals surface area (Å²) in [5.41, 5.74) is 3.41. The molecule has 21 heavy (non-hydrogen) atoms. The van der Waals surface area contributed by atoms with Gasteiger partial charge in [-0.2, -0.15) is 0 Å². The molecule has 0 N–H and O–H groups in total. The maximum Gasteiger partial charge on any atom is 0.00108 e. The van der Waals surface area contributed by atoms with E-state index in [4.69, 9.17) is 0 Å². The van der Waals surface area contributed by atoms with Gasteiger partial charge in [0, 0.05) is 5.41 Å². The van der Waals surface area contributed by atoms with Crippen molar-refractivity contribution in [1.29, 1.82) is 0 Å². The second-order valence-electron chi connectivity index (χ2n) is 7.16. The van der Waals surface area contributed by atoms with Crippen LogP contribution in [-0.4, -0.2) is 0 Å². The average Bonchev–Trinajstić information content (AvgIpc) is 2.60. The maximum atomic E-state index is 2.42. The van der Waals surface area contributed by atoms with E-state index in [2.05, 4.69) is 52.0 Å². The molecule has 0 amide bonds. The number of unbranched alkanes of at least 4 members (excludes halogenated alkanes) is 6. The largest absolute Gasteiger partial charge is 0.0748 e. The Labute approximate surface area is 133 Å². The zero-order valence-electron chi connectivity index (χ0n) is 14.9. The summed E-state index contributed by atoms with van der Waals surface area (Å²) in [6.45, 7) is 9.17. The molecule has 0 spiro atoms. The van der Waals surface area contributed by atoms with Crippen molar-refractivity contribution in [3.05, 3.63) is 35.5 Å². The van der Waals surface area contributed by atoms with E-state index in [1.54, 1.807) is 11.1 Å². The van der Waals surface area contributed by atoms with Crippen molar-refractivity contribution in [3.8, 4) is 0 Å². The van der Waals surface area contributed by atoms with Gasteiger partial charge in [-0.25, -0.2) is 0 Å². The second-order valence-corrected chi connectivity index (χ2v) is 7.16. The van der Waals surface area contributed by atoms with Crippen LogP contribution in [0.4, 0.5) is 0 Å². The predicted molar refractivity (Wildman–Crippen MR) is 96.6 cm³/mol. The van der Waals surface area contributed by atoms with Gasteiger partial charge in [-0.05, 0) is 36.8 Å². The van der Waals surface area contributed by atoms with Crippen molar-refractivity contribution in [2.45, 2.75) is 91.9 Å². The third-order valence-electron chi connectivity index (χ3n) is 4.44. The van der Waals surface area contributed by atoms with Gasteiger partial charge in [0.1, 0.15) is 0 Å². The lowest BCUT2D eigenvalue weighted by molar-refractivity contribution is 0.625. The standard InChI is InChI=1S/C21H36/c1-5-7-9-11-13-19-15-17-21(3,4)18-16-20(19)14-12-10-8-6-2/h15-18H,5-14H2,1-4H3. The van der Waals surface area contributed by atoms with E-state index >= 15 is 0 Å². The number of hydrogen-bond donors (Lipinski definition) is 0. The van der Waals surface area contributed by atoms with Gasteiger partial charge in [-0.1, -0.05) is 90.5 Å². The van der Waals surface area contributed by atoms with Crippen molar-refractivity contribution < 1.29 is 0 Å². The highest BCUT2D eigenvalue weighted by Gasteiger charge is 2.14. The van der Waals surface area contributed by atoms with E-state index in [0.29, 0.717) is 0 Å². The Bertz CT molecular complexity index is 331. The monoisotopic (exact) mass is 288 g/mol. The molecular weight excluding hydrogens is 252 g/mol. The van der Waals surface area contributed by atoms with E-state index in [9.17, 15) is 0 Å². The molecule has 1 aliphatic carbocycles. The first-order valence-corrected chi connectivity index (χ1v) is 9.19.